The fraction of sp³-hybridized carbons (Fsp3) is 0.909. The van der Waals surface area contributed by atoms with Gasteiger partial charge in [-0.25, -0.2) is 0 Å². The first kappa shape index (κ1) is 12.5. The molecule has 1 unspecified atom stereocenters. The quantitative estimate of drug-likeness (QED) is 0.701. The molecule has 0 bridgehead atoms. The highest BCUT2D eigenvalue weighted by atomic mass is 16.2. The summed E-state index contributed by atoms with van der Waals surface area (Å²) in [5.74, 6) is 0.191. The van der Waals surface area contributed by atoms with Crippen LogP contribution in [0.1, 0.15) is 26.7 Å². The van der Waals surface area contributed by atoms with Crippen molar-refractivity contribution in [1.82, 2.24) is 15.5 Å². The van der Waals surface area contributed by atoms with Gasteiger partial charge in [-0.1, -0.05) is 0 Å². The summed E-state index contributed by atoms with van der Waals surface area (Å²) in [6, 6.07) is 0.482. The third kappa shape index (κ3) is 3.47. The Balaban J connectivity index is 2.65. The molecule has 1 rings (SSSR count). The second kappa shape index (κ2) is 6.08. The van der Waals surface area contributed by atoms with Crippen LogP contribution in [0.25, 0.3) is 0 Å². The van der Waals surface area contributed by atoms with Crippen molar-refractivity contribution in [2.45, 2.75) is 38.8 Å². The van der Waals surface area contributed by atoms with Crippen molar-refractivity contribution in [2.75, 3.05) is 26.7 Å². The molecule has 1 aliphatic rings. The van der Waals surface area contributed by atoms with Gasteiger partial charge in [-0.15, -0.1) is 0 Å². The number of nitrogens with zero attached hydrogens (tertiary/aromatic N) is 1. The molecule has 1 aliphatic heterocycles. The summed E-state index contributed by atoms with van der Waals surface area (Å²) in [6.07, 6.45) is 1.94. The van der Waals surface area contributed by atoms with E-state index in [2.05, 4.69) is 29.4 Å². The fourth-order valence-corrected chi connectivity index (χ4v) is 2.09. The Morgan fingerprint density at radius 2 is 2.33 bits per heavy atom. The molecule has 1 saturated heterocycles. The van der Waals surface area contributed by atoms with Gasteiger partial charge in [0.1, 0.15) is 0 Å². The van der Waals surface area contributed by atoms with Crippen LogP contribution >= 0.6 is 0 Å². The second-order valence-electron chi connectivity index (χ2n) is 4.38. The summed E-state index contributed by atoms with van der Waals surface area (Å²) < 4.78 is 0. The normalized spacial score (nSPS) is 24.0. The monoisotopic (exact) mass is 213 g/mol. The fourth-order valence-electron chi connectivity index (χ4n) is 2.09. The third-order valence-corrected chi connectivity index (χ3v) is 2.93. The van der Waals surface area contributed by atoms with Crippen LogP contribution in [-0.4, -0.2) is 49.6 Å². The first-order chi connectivity index (χ1) is 7.16. The molecule has 0 aromatic carbocycles. The Labute approximate surface area is 92.4 Å². The Morgan fingerprint density at radius 3 is 2.93 bits per heavy atom. The van der Waals surface area contributed by atoms with Gasteiger partial charge in [-0.3, -0.25) is 9.69 Å². The first-order valence-corrected chi connectivity index (χ1v) is 5.85. The van der Waals surface area contributed by atoms with Gasteiger partial charge >= 0.3 is 0 Å². The summed E-state index contributed by atoms with van der Waals surface area (Å²) in [7, 11) is 1.92. The lowest BCUT2D eigenvalue weighted by molar-refractivity contribution is -0.126. The molecule has 1 heterocycles. The molecule has 4 heteroatoms. The van der Waals surface area contributed by atoms with Crippen molar-refractivity contribution in [2.24, 2.45) is 0 Å². The zero-order valence-corrected chi connectivity index (χ0v) is 10.0. The lowest BCUT2D eigenvalue weighted by Gasteiger charge is -2.31. The van der Waals surface area contributed by atoms with Gasteiger partial charge in [0.2, 0.25) is 5.91 Å². The molecule has 1 fully saturated rings. The van der Waals surface area contributed by atoms with E-state index in [0.29, 0.717) is 6.04 Å². The van der Waals surface area contributed by atoms with Crippen LogP contribution < -0.4 is 10.6 Å². The second-order valence-corrected chi connectivity index (χ2v) is 4.38. The largest absolute Gasteiger partial charge is 0.355 e. The van der Waals surface area contributed by atoms with Gasteiger partial charge in [0.25, 0.3) is 0 Å². The first-order valence-electron chi connectivity index (χ1n) is 5.85. The number of hydrogen-bond acceptors (Lipinski definition) is 3. The van der Waals surface area contributed by atoms with Crippen LogP contribution in [0.5, 0.6) is 0 Å². The van der Waals surface area contributed by atoms with Gasteiger partial charge < -0.3 is 10.6 Å². The number of nitrogens with one attached hydrogen (secondary N) is 2. The highest BCUT2D eigenvalue weighted by Gasteiger charge is 2.28. The SMILES string of the molecule is CNCCC1C(=O)NCCCN1C(C)C. The van der Waals surface area contributed by atoms with Gasteiger partial charge in [-0.2, -0.15) is 0 Å². The summed E-state index contributed by atoms with van der Waals surface area (Å²) in [5.41, 5.74) is 0. The average Bonchev–Trinajstić information content (AvgIpc) is 2.37. The molecule has 1 amide bonds. The molecule has 4 nitrogen and oxygen atoms in total. The molecule has 0 saturated carbocycles. The molecule has 0 aliphatic carbocycles. The van der Waals surface area contributed by atoms with E-state index in [1.165, 1.54) is 0 Å². The van der Waals surface area contributed by atoms with Crippen molar-refractivity contribution < 1.29 is 4.79 Å². The van der Waals surface area contributed by atoms with E-state index in [0.717, 1.165) is 32.5 Å². The lowest BCUT2D eigenvalue weighted by Crippen LogP contribution is -2.48. The average molecular weight is 213 g/mol. The Bertz CT molecular complexity index is 206. The van der Waals surface area contributed by atoms with Crippen molar-refractivity contribution in [3.8, 4) is 0 Å². The standard InChI is InChI=1S/C11H23N3O/c1-9(2)14-8-4-6-13-11(15)10(14)5-7-12-3/h9-10,12H,4-8H2,1-3H3,(H,13,15). The smallest absolute Gasteiger partial charge is 0.237 e. The molecule has 88 valence electrons. The number of hydrogen-bond donors (Lipinski definition) is 2. The summed E-state index contributed by atoms with van der Waals surface area (Å²) in [4.78, 5) is 14.2. The van der Waals surface area contributed by atoms with Crippen LogP contribution in [0.4, 0.5) is 0 Å². The van der Waals surface area contributed by atoms with Crippen molar-refractivity contribution in [3.05, 3.63) is 0 Å². The maximum Gasteiger partial charge on any atom is 0.237 e. The van der Waals surface area contributed by atoms with Gasteiger partial charge in [0, 0.05) is 19.1 Å². The van der Waals surface area contributed by atoms with Gasteiger partial charge in [0.05, 0.1) is 6.04 Å². The molecule has 2 N–H and O–H groups in total. The van der Waals surface area contributed by atoms with Crippen LogP contribution in [0, 0.1) is 0 Å². The Kier molecular flexibility index (Phi) is 5.05. The topological polar surface area (TPSA) is 44.4 Å². The van der Waals surface area contributed by atoms with E-state index in [-0.39, 0.29) is 11.9 Å². The number of rotatable bonds is 4. The number of carbonyl (C=O) groups excluding carboxylic acids is 1. The van der Waals surface area contributed by atoms with E-state index in [4.69, 9.17) is 0 Å². The minimum absolute atomic E-state index is 0.0416. The molecule has 15 heavy (non-hydrogen) atoms. The van der Waals surface area contributed by atoms with Crippen LogP contribution in [-0.2, 0) is 4.79 Å². The molecule has 0 spiro atoms. The molecule has 0 aromatic heterocycles. The summed E-state index contributed by atoms with van der Waals surface area (Å²) >= 11 is 0. The van der Waals surface area contributed by atoms with Gasteiger partial charge in [0.15, 0.2) is 0 Å². The predicted octanol–water partition coefficient (Wildman–Crippen LogP) is 0.195. The van der Waals surface area contributed by atoms with Crippen LogP contribution in [0.2, 0.25) is 0 Å². The molecular formula is C11H23N3O. The van der Waals surface area contributed by atoms with Crippen LogP contribution in [0.3, 0.4) is 0 Å². The van der Waals surface area contributed by atoms with Crippen molar-refractivity contribution >= 4 is 5.91 Å². The van der Waals surface area contributed by atoms with Gasteiger partial charge in [-0.05, 0) is 40.3 Å². The molecule has 0 radical (unpaired) electrons. The maximum atomic E-state index is 11.9. The van der Waals surface area contributed by atoms with E-state index in [1.54, 1.807) is 0 Å². The lowest BCUT2D eigenvalue weighted by atomic mass is 10.1. The molecule has 0 aromatic rings. The number of carbonyl (C=O) groups is 1. The predicted molar refractivity (Wildman–Crippen MR) is 61.8 cm³/mol. The zero-order chi connectivity index (χ0) is 11.3. The van der Waals surface area contributed by atoms with Crippen molar-refractivity contribution in [3.63, 3.8) is 0 Å². The molecule has 1 atom stereocenters. The molecular weight excluding hydrogens is 190 g/mol. The number of amides is 1. The zero-order valence-electron chi connectivity index (χ0n) is 10.0. The van der Waals surface area contributed by atoms with E-state index < -0.39 is 0 Å². The summed E-state index contributed by atoms with van der Waals surface area (Å²) in [5, 5.41) is 6.09. The highest BCUT2D eigenvalue weighted by molar-refractivity contribution is 5.82. The minimum Gasteiger partial charge on any atom is -0.355 e. The Hall–Kier alpha value is -0.610. The van der Waals surface area contributed by atoms with E-state index in [1.807, 2.05) is 7.05 Å². The van der Waals surface area contributed by atoms with Crippen molar-refractivity contribution in [1.29, 1.82) is 0 Å². The van der Waals surface area contributed by atoms with Crippen LogP contribution in [0.15, 0.2) is 0 Å². The minimum atomic E-state index is 0.0416. The third-order valence-electron chi connectivity index (χ3n) is 2.93. The maximum absolute atomic E-state index is 11.9. The van der Waals surface area contributed by atoms with E-state index >= 15 is 0 Å². The summed E-state index contributed by atoms with van der Waals surface area (Å²) in [6.45, 7) is 7.04. The van der Waals surface area contributed by atoms with E-state index in [9.17, 15) is 4.79 Å². The highest BCUT2D eigenvalue weighted by Crippen LogP contribution is 2.12. The Morgan fingerprint density at radius 1 is 1.60 bits per heavy atom.